The standard InChI is InChI=1S/C45H31NS/c1-45(2)38-27-32(21-22-33(38)35-23-25-42-43(44(35)45)36-13-7-9-15-41(36)47-42)46-39-14-8-6-12-34(39)37-26-31(20-24-40(37)46)30-18-16-29(17-19-30)28-10-4-3-5-11-28/h3-27H,1-2H3. The zero-order chi connectivity index (χ0) is 31.3. The third-order valence-corrected chi connectivity index (χ3v) is 11.5. The first kappa shape index (κ1) is 26.7. The number of hydrogen-bond donors (Lipinski definition) is 0. The fraction of sp³-hybridized carbons (Fsp3) is 0.0667. The third-order valence-electron chi connectivity index (χ3n) is 10.4. The van der Waals surface area contributed by atoms with Crippen LogP contribution in [0.5, 0.6) is 0 Å². The molecule has 0 N–H and O–H groups in total. The Balaban J connectivity index is 1.12. The number of thiophene rings is 1. The molecule has 9 aromatic rings. The van der Waals surface area contributed by atoms with Crippen molar-refractivity contribution in [1.82, 2.24) is 4.57 Å². The van der Waals surface area contributed by atoms with Gasteiger partial charge in [0.1, 0.15) is 0 Å². The largest absolute Gasteiger partial charge is 0.309 e. The average Bonchev–Trinajstić information content (AvgIpc) is 3.74. The number of para-hydroxylation sites is 1. The number of rotatable bonds is 3. The summed E-state index contributed by atoms with van der Waals surface area (Å²) in [4.78, 5) is 0. The Morgan fingerprint density at radius 3 is 1.94 bits per heavy atom. The molecule has 0 radical (unpaired) electrons. The van der Waals surface area contributed by atoms with Crippen LogP contribution in [-0.4, -0.2) is 4.57 Å². The van der Waals surface area contributed by atoms with Gasteiger partial charge in [-0.15, -0.1) is 11.3 Å². The minimum Gasteiger partial charge on any atom is -0.309 e. The molecule has 0 amide bonds. The number of aromatic nitrogens is 1. The first-order valence-electron chi connectivity index (χ1n) is 16.4. The van der Waals surface area contributed by atoms with Gasteiger partial charge in [0.2, 0.25) is 0 Å². The number of hydrogen-bond acceptors (Lipinski definition) is 1. The van der Waals surface area contributed by atoms with Gasteiger partial charge in [-0.05, 0) is 87.0 Å². The van der Waals surface area contributed by atoms with Crippen LogP contribution in [0, 0.1) is 0 Å². The lowest BCUT2D eigenvalue weighted by molar-refractivity contribution is 0.666. The van der Waals surface area contributed by atoms with Crippen molar-refractivity contribution in [3.8, 4) is 39.1 Å². The van der Waals surface area contributed by atoms with Gasteiger partial charge in [-0.25, -0.2) is 0 Å². The highest BCUT2D eigenvalue weighted by atomic mass is 32.1. The van der Waals surface area contributed by atoms with Crippen molar-refractivity contribution >= 4 is 53.3 Å². The molecule has 1 aliphatic rings. The lowest BCUT2D eigenvalue weighted by Gasteiger charge is -2.23. The Bertz CT molecular complexity index is 2690. The maximum absolute atomic E-state index is 2.46. The SMILES string of the molecule is CC1(C)c2cc(-n3c4ccccc4c4cc(-c5ccc(-c6ccccc6)cc5)ccc43)ccc2-c2ccc3sc4ccccc4c3c21. The van der Waals surface area contributed by atoms with E-state index in [1.807, 2.05) is 11.3 Å². The molecule has 0 fully saturated rings. The molecule has 2 aromatic heterocycles. The van der Waals surface area contributed by atoms with Gasteiger partial charge in [-0.3, -0.25) is 0 Å². The molecule has 7 aromatic carbocycles. The van der Waals surface area contributed by atoms with Crippen LogP contribution in [0.4, 0.5) is 0 Å². The minimum atomic E-state index is -0.123. The van der Waals surface area contributed by atoms with E-state index in [1.54, 1.807) is 0 Å². The van der Waals surface area contributed by atoms with Crippen LogP contribution in [0.2, 0.25) is 0 Å². The van der Waals surface area contributed by atoms with E-state index in [9.17, 15) is 0 Å². The van der Waals surface area contributed by atoms with Crippen LogP contribution >= 0.6 is 11.3 Å². The summed E-state index contributed by atoms with van der Waals surface area (Å²) < 4.78 is 5.20. The lowest BCUT2D eigenvalue weighted by Crippen LogP contribution is -2.15. The highest BCUT2D eigenvalue weighted by molar-refractivity contribution is 7.25. The molecule has 2 heteroatoms. The van der Waals surface area contributed by atoms with Crippen LogP contribution in [0.25, 0.3) is 81.0 Å². The van der Waals surface area contributed by atoms with Crippen LogP contribution in [0.3, 0.4) is 0 Å². The van der Waals surface area contributed by atoms with Crippen molar-refractivity contribution in [1.29, 1.82) is 0 Å². The topological polar surface area (TPSA) is 4.93 Å². The Labute approximate surface area is 278 Å². The first-order valence-corrected chi connectivity index (χ1v) is 17.2. The van der Waals surface area contributed by atoms with Gasteiger partial charge in [0.25, 0.3) is 0 Å². The van der Waals surface area contributed by atoms with E-state index in [-0.39, 0.29) is 5.41 Å². The summed E-state index contributed by atoms with van der Waals surface area (Å²) in [6.45, 7) is 4.82. The van der Waals surface area contributed by atoms with E-state index in [1.165, 1.54) is 92.2 Å². The molecular weight excluding hydrogens is 587 g/mol. The van der Waals surface area contributed by atoms with Crippen molar-refractivity contribution in [3.05, 3.63) is 163 Å². The van der Waals surface area contributed by atoms with Crippen LogP contribution < -0.4 is 0 Å². The van der Waals surface area contributed by atoms with E-state index in [0.29, 0.717) is 0 Å². The fourth-order valence-corrected chi connectivity index (χ4v) is 9.28. The summed E-state index contributed by atoms with van der Waals surface area (Å²) in [7, 11) is 0. The molecular formula is C45H31NS. The molecule has 0 spiro atoms. The number of fused-ring (bicyclic) bond motifs is 10. The summed E-state index contributed by atoms with van der Waals surface area (Å²) in [5.74, 6) is 0. The van der Waals surface area contributed by atoms with Crippen molar-refractivity contribution in [2.45, 2.75) is 19.3 Å². The number of nitrogens with zero attached hydrogens (tertiary/aromatic N) is 1. The molecule has 0 unspecified atom stereocenters. The second-order valence-corrected chi connectivity index (χ2v) is 14.4. The summed E-state index contributed by atoms with van der Waals surface area (Å²) in [6, 6.07) is 56.1. The molecule has 10 rings (SSSR count). The van der Waals surface area contributed by atoms with Crippen molar-refractivity contribution in [3.63, 3.8) is 0 Å². The molecule has 2 heterocycles. The van der Waals surface area contributed by atoms with E-state index in [2.05, 4.69) is 170 Å². The smallest absolute Gasteiger partial charge is 0.0541 e. The summed E-state index contributed by atoms with van der Waals surface area (Å²) in [5, 5.41) is 5.35. The Kier molecular flexibility index (Phi) is 5.57. The molecule has 0 bridgehead atoms. The highest BCUT2D eigenvalue weighted by Crippen LogP contribution is 2.54. The Morgan fingerprint density at radius 1 is 0.468 bits per heavy atom. The van der Waals surface area contributed by atoms with Crippen molar-refractivity contribution in [2.75, 3.05) is 0 Å². The van der Waals surface area contributed by atoms with Gasteiger partial charge in [-0.1, -0.05) is 123 Å². The van der Waals surface area contributed by atoms with Gasteiger partial charge in [-0.2, -0.15) is 0 Å². The van der Waals surface area contributed by atoms with E-state index < -0.39 is 0 Å². The summed E-state index contributed by atoms with van der Waals surface area (Å²) in [5.41, 5.74) is 14.1. The zero-order valence-corrected chi connectivity index (χ0v) is 27.1. The maximum atomic E-state index is 2.46. The van der Waals surface area contributed by atoms with Gasteiger partial charge in [0.05, 0.1) is 11.0 Å². The van der Waals surface area contributed by atoms with E-state index in [4.69, 9.17) is 0 Å². The third kappa shape index (κ3) is 3.83. The van der Waals surface area contributed by atoms with Gasteiger partial charge < -0.3 is 4.57 Å². The molecule has 0 saturated carbocycles. The Hall–Kier alpha value is -5.44. The second-order valence-electron chi connectivity index (χ2n) is 13.3. The maximum Gasteiger partial charge on any atom is 0.0541 e. The number of benzene rings is 7. The van der Waals surface area contributed by atoms with Crippen LogP contribution in [0.15, 0.2) is 152 Å². The van der Waals surface area contributed by atoms with E-state index in [0.717, 1.165) is 0 Å². The lowest BCUT2D eigenvalue weighted by atomic mass is 9.80. The van der Waals surface area contributed by atoms with Crippen LogP contribution in [-0.2, 0) is 5.41 Å². The summed E-state index contributed by atoms with van der Waals surface area (Å²) in [6.07, 6.45) is 0. The second kappa shape index (κ2) is 9.78. The molecule has 0 atom stereocenters. The van der Waals surface area contributed by atoms with Gasteiger partial charge in [0, 0.05) is 42.0 Å². The fourth-order valence-electron chi connectivity index (χ4n) is 8.16. The van der Waals surface area contributed by atoms with Crippen molar-refractivity contribution < 1.29 is 0 Å². The predicted molar refractivity (Wildman–Crippen MR) is 202 cm³/mol. The molecule has 0 aliphatic heterocycles. The molecule has 47 heavy (non-hydrogen) atoms. The van der Waals surface area contributed by atoms with E-state index >= 15 is 0 Å². The normalized spacial score (nSPS) is 13.5. The van der Waals surface area contributed by atoms with Gasteiger partial charge >= 0.3 is 0 Å². The highest BCUT2D eigenvalue weighted by Gasteiger charge is 2.38. The monoisotopic (exact) mass is 617 g/mol. The summed E-state index contributed by atoms with van der Waals surface area (Å²) >= 11 is 1.91. The van der Waals surface area contributed by atoms with Crippen LogP contribution in [0.1, 0.15) is 25.0 Å². The minimum absolute atomic E-state index is 0.123. The Morgan fingerprint density at radius 2 is 1.11 bits per heavy atom. The average molecular weight is 618 g/mol. The molecule has 0 saturated heterocycles. The molecule has 1 nitrogen and oxygen atoms in total. The molecule has 1 aliphatic carbocycles. The van der Waals surface area contributed by atoms with Crippen molar-refractivity contribution in [2.24, 2.45) is 0 Å². The van der Waals surface area contributed by atoms with Gasteiger partial charge in [0.15, 0.2) is 0 Å². The zero-order valence-electron chi connectivity index (χ0n) is 26.3. The predicted octanol–water partition coefficient (Wildman–Crippen LogP) is 12.8. The molecule has 222 valence electrons. The quantitative estimate of drug-likeness (QED) is 0.186. The first-order chi connectivity index (χ1) is 23.1.